The highest BCUT2D eigenvalue weighted by atomic mass is 16.1. The molecule has 0 aliphatic rings. The Morgan fingerprint density at radius 3 is 2.86 bits per heavy atom. The largest absolute Gasteiger partial charge is 0.394 e. The van der Waals surface area contributed by atoms with Gasteiger partial charge in [-0.2, -0.15) is 5.26 Å². The maximum Gasteiger partial charge on any atom is 0.273 e. The van der Waals surface area contributed by atoms with Gasteiger partial charge in [0, 0.05) is 12.7 Å². The number of anilines is 1. The Balaban J connectivity index is 3.06. The highest BCUT2D eigenvalue weighted by Crippen LogP contribution is 2.15. The summed E-state index contributed by atoms with van der Waals surface area (Å²) in [5, 5.41) is 8.82. The van der Waals surface area contributed by atoms with Crippen molar-refractivity contribution in [3.63, 3.8) is 0 Å². The molecule has 0 aliphatic heterocycles. The Morgan fingerprint density at radius 1 is 1.64 bits per heavy atom. The molecule has 0 saturated carbocycles. The predicted molar refractivity (Wildman–Crippen MR) is 54.5 cm³/mol. The van der Waals surface area contributed by atoms with Crippen LogP contribution < -0.4 is 11.3 Å². The second-order valence-electron chi connectivity index (χ2n) is 3.89. The van der Waals surface area contributed by atoms with Gasteiger partial charge in [0.05, 0.1) is 17.2 Å². The van der Waals surface area contributed by atoms with Gasteiger partial charge >= 0.3 is 0 Å². The fourth-order valence-corrected chi connectivity index (χ4v) is 1.14. The Kier molecular flexibility index (Phi) is 2.61. The molecule has 0 aromatic carbocycles. The molecular formula is C10H13N3O. The van der Waals surface area contributed by atoms with Crippen LogP contribution in [0.15, 0.2) is 23.1 Å². The summed E-state index contributed by atoms with van der Waals surface area (Å²) in [6.07, 6.45) is 1.64. The van der Waals surface area contributed by atoms with Crippen molar-refractivity contribution >= 4 is 5.69 Å². The van der Waals surface area contributed by atoms with Gasteiger partial charge in [-0.25, -0.2) is 0 Å². The first-order valence-electron chi connectivity index (χ1n) is 4.32. The fourth-order valence-electron chi connectivity index (χ4n) is 1.14. The van der Waals surface area contributed by atoms with Gasteiger partial charge < -0.3 is 10.3 Å². The van der Waals surface area contributed by atoms with E-state index in [1.165, 1.54) is 4.57 Å². The molecule has 1 aromatic heterocycles. The van der Waals surface area contributed by atoms with Crippen molar-refractivity contribution in [3.05, 3.63) is 28.7 Å². The summed E-state index contributed by atoms with van der Waals surface area (Å²) in [7, 11) is 0. The van der Waals surface area contributed by atoms with Gasteiger partial charge in [0.15, 0.2) is 0 Å². The maximum atomic E-state index is 11.5. The number of pyridine rings is 1. The summed E-state index contributed by atoms with van der Waals surface area (Å²) >= 11 is 0. The minimum absolute atomic E-state index is 0.209. The summed E-state index contributed by atoms with van der Waals surface area (Å²) in [4.78, 5) is 11.5. The minimum atomic E-state index is -0.558. The monoisotopic (exact) mass is 191 g/mol. The number of nitrogens with two attached hydrogens (primary N) is 1. The molecule has 0 saturated heterocycles. The topological polar surface area (TPSA) is 71.8 Å². The second kappa shape index (κ2) is 3.54. The Hall–Kier alpha value is -1.76. The third-order valence-corrected chi connectivity index (χ3v) is 1.92. The molecule has 0 unspecified atom stereocenters. The lowest BCUT2D eigenvalue weighted by Gasteiger charge is -2.16. The van der Waals surface area contributed by atoms with E-state index < -0.39 is 5.41 Å². The van der Waals surface area contributed by atoms with Gasteiger partial charge in [0.1, 0.15) is 0 Å². The van der Waals surface area contributed by atoms with E-state index in [0.29, 0.717) is 6.54 Å². The number of rotatable bonds is 2. The molecule has 1 heterocycles. The maximum absolute atomic E-state index is 11.5. The number of hydrogen-bond donors (Lipinski definition) is 1. The van der Waals surface area contributed by atoms with Crippen molar-refractivity contribution in [1.29, 1.82) is 5.26 Å². The van der Waals surface area contributed by atoms with Crippen LogP contribution in [0.25, 0.3) is 0 Å². The van der Waals surface area contributed by atoms with Crippen LogP contribution in [0.2, 0.25) is 0 Å². The third-order valence-electron chi connectivity index (χ3n) is 1.92. The lowest BCUT2D eigenvalue weighted by Crippen LogP contribution is -2.28. The summed E-state index contributed by atoms with van der Waals surface area (Å²) < 4.78 is 1.46. The zero-order valence-electron chi connectivity index (χ0n) is 8.32. The molecule has 4 nitrogen and oxygen atoms in total. The van der Waals surface area contributed by atoms with Crippen LogP contribution in [0.5, 0.6) is 0 Å². The van der Waals surface area contributed by atoms with Crippen LogP contribution in [-0.2, 0) is 6.54 Å². The Morgan fingerprint density at radius 2 is 2.29 bits per heavy atom. The molecule has 1 rings (SSSR count). The van der Waals surface area contributed by atoms with Gasteiger partial charge in [0.2, 0.25) is 0 Å². The average molecular weight is 191 g/mol. The SMILES string of the molecule is CC(C)(C#N)Cn1cccc(N)c1=O. The zero-order valence-corrected chi connectivity index (χ0v) is 8.32. The van der Waals surface area contributed by atoms with Gasteiger partial charge in [0.25, 0.3) is 5.56 Å². The van der Waals surface area contributed by atoms with Crippen LogP contribution in [0.4, 0.5) is 5.69 Å². The summed E-state index contributed by atoms with van der Waals surface area (Å²) in [6.45, 7) is 3.92. The van der Waals surface area contributed by atoms with Gasteiger partial charge in [-0.15, -0.1) is 0 Å². The van der Waals surface area contributed by atoms with Crippen molar-refractivity contribution in [2.75, 3.05) is 5.73 Å². The van der Waals surface area contributed by atoms with E-state index in [-0.39, 0.29) is 11.2 Å². The number of nitrogens with zero attached hydrogens (tertiary/aromatic N) is 2. The Bertz CT molecular complexity index is 426. The number of nitrogen functional groups attached to an aromatic ring is 1. The highest BCUT2D eigenvalue weighted by Gasteiger charge is 2.18. The number of nitriles is 1. The van der Waals surface area contributed by atoms with Gasteiger partial charge in [-0.1, -0.05) is 0 Å². The van der Waals surface area contributed by atoms with Crippen molar-refractivity contribution in [3.8, 4) is 6.07 Å². The highest BCUT2D eigenvalue weighted by molar-refractivity contribution is 5.33. The first-order chi connectivity index (χ1) is 6.46. The third kappa shape index (κ3) is 2.13. The van der Waals surface area contributed by atoms with Gasteiger partial charge in [-0.3, -0.25) is 4.79 Å². The van der Waals surface area contributed by atoms with Gasteiger partial charge in [-0.05, 0) is 26.0 Å². The average Bonchev–Trinajstić information content (AvgIpc) is 2.13. The van der Waals surface area contributed by atoms with E-state index in [0.717, 1.165) is 0 Å². The van der Waals surface area contributed by atoms with E-state index in [1.807, 2.05) is 0 Å². The first-order valence-corrected chi connectivity index (χ1v) is 4.32. The quantitative estimate of drug-likeness (QED) is 0.757. The van der Waals surface area contributed by atoms with Crippen molar-refractivity contribution in [1.82, 2.24) is 4.57 Å². The molecule has 0 fully saturated rings. The molecule has 74 valence electrons. The minimum Gasteiger partial charge on any atom is -0.394 e. The van der Waals surface area contributed by atoms with E-state index in [4.69, 9.17) is 11.0 Å². The Labute approximate surface area is 82.6 Å². The molecule has 2 N–H and O–H groups in total. The molecule has 0 bridgehead atoms. The molecule has 0 aliphatic carbocycles. The van der Waals surface area contributed by atoms with Crippen molar-refractivity contribution < 1.29 is 0 Å². The smallest absolute Gasteiger partial charge is 0.273 e. The van der Waals surface area contributed by atoms with Crippen LogP contribution in [0.1, 0.15) is 13.8 Å². The van der Waals surface area contributed by atoms with Crippen LogP contribution in [0.3, 0.4) is 0 Å². The first kappa shape index (κ1) is 10.3. The van der Waals surface area contributed by atoms with E-state index >= 15 is 0 Å². The molecule has 4 heteroatoms. The molecular weight excluding hydrogens is 178 g/mol. The number of hydrogen-bond acceptors (Lipinski definition) is 3. The summed E-state index contributed by atoms with van der Waals surface area (Å²) in [5.74, 6) is 0. The van der Waals surface area contributed by atoms with E-state index in [2.05, 4.69) is 6.07 Å². The van der Waals surface area contributed by atoms with E-state index in [1.54, 1.807) is 32.2 Å². The lowest BCUT2D eigenvalue weighted by atomic mass is 9.96. The second-order valence-corrected chi connectivity index (χ2v) is 3.89. The number of aromatic nitrogens is 1. The molecule has 0 amide bonds. The zero-order chi connectivity index (χ0) is 10.8. The molecule has 0 spiro atoms. The molecule has 0 radical (unpaired) electrons. The normalized spacial score (nSPS) is 10.9. The lowest BCUT2D eigenvalue weighted by molar-refractivity contribution is 0.402. The summed E-state index contributed by atoms with van der Waals surface area (Å²) in [6, 6.07) is 5.39. The fraction of sp³-hybridized carbons (Fsp3) is 0.400. The molecule has 1 aromatic rings. The summed E-state index contributed by atoms with van der Waals surface area (Å²) in [5.41, 5.74) is 4.88. The molecule has 14 heavy (non-hydrogen) atoms. The van der Waals surface area contributed by atoms with Crippen LogP contribution in [0, 0.1) is 16.7 Å². The van der Waals surface area contributed by atoms with E-state index in [9.17, 15) is 4.79 Å². The van der Waals surface area contributed by atoms with Crippen LogP contribution >= 0.6 is 0 Å². The van der Waals surface area contributed by atoms with Crippen LogP contribution in [-0.4, -0.2) is 4.57 Å². The van der Waals surface area contributed by atoms with Crippen molar-refractivity contribution in [2.24, 2.45) is 5.41 Å². The molecule has 0 atom stereocenters. The van der Waals surface area contributed by atoms with Crippen molar-refractivity contribution in [2.45, 2.75) is 20.4 Å². The predicted octanol–water partition coefficient (Wildman–Crippen LogP) is 0.980. The standard InChI is InChI=1S/C10H13N3O/c1-10(2,6-11)7-13-5-3-4-8(12)9(13)14/h3-5H,7,12H2,1-2H3.